The maximum atomic E-state index is 12.4. The van der Waals surface area contributed by atoms with Crippen LogP contribution in [0.2, 0.25) is 0 Å². The second kappa shape index (κ2) is 8.05. The normalized spacial score (nSPS) is 18.3. The lowest BCUT2D eigenvalue weighted by atomic mass is 9.95. The maximum absolute atomic E-state index is 12.4. The topological polar surface area (TPSA) is 32.3 Å². The molecule has 3 heteroatoms. The summed E-state index contributed by atoms with van der Waals surface area (Å²) in [6, 6.07) is 17.3. The number of carbonyl (C=O) groups excluding carboxylic acids is 1. The van der Waals surface area contributed by atoms with Gasteiger partial charge in [-0.2, -0.15) is 0 Å². The van der Waals surface area contributed by atoms with Crippen LogP contribution in [0.15, 0.2) is 48.5 Å². The number of rotatable bonds is 4. The minimum atomic E-state index is 0.0790. The molecule has 26 heavy (non-hydrogen) atoms. The summed E-state index contributed by atoms with van der Waals surface area (Å²) in [7, 11) is 0. The lowest BCUT2D eigenvalue weighted by Crippen LogP contribution is -2.36. The molecule has 4 rings (SSSR count). The van der Waals surface area contributed by atoms with Crippen LogP contribution in [0, 0.1) is 0 Å². The molecule has 1 aliphatic carbocycles. The van der Waals surface area contributed by atoms with Gasteiger partial charge in [0.15, 0.2) is 0 Å². The first-order chi connectivity index (χ1) is 12.8. The van der Waals surface area contributed by atoms with Crippen LogP contribution in [0.25, 0.3) is 0 Å². The summed E-state index contributed by atoms with van der Waals surface area (Å²) in [5.74, 6) is 0.0790. The fourth-order valence-corrected chi connectivity index (χ4v) is 4.22. The zero-order chi connectivity index (χ0) is 17.8. The van der Waals surface area contributed by atoms with Crippen molar-refractivity contribution in [2.24, 2.45) is 0 Å². The second-order valence-electron chi connectivity index (χ2n) is 7.73. The Kier molecular flexibility index (Phi) is 5.35. The molecule has 2 aromatic carbocycles. The molecule has 0 bridgehead atoms. The fourth-order valence-electron chi connectivity index (χ4n) is 4.22. The van der Waals surface area contributed by atoms with Gasteiger partial charge in [-0.25, -0.2) is 0 Å². The third-order valence-electron chi connectivity index (χ3n) is 5.77. The summed E-state index contributed by atoms with van der Waals surface area (Å²) >= 11 is 0. The number of carbonyl (C=O) groups is 1. The molecule has 0 atom stereocenters. The van der Waals surface area contributed by atoms with Crippen molar-refractivity contribution >= 4 is 5.91 Å². The van der Waals surface area contributed by atoms with Crippen molar-refractivity contribution in [3.05, 3.63) is 70.8 Å². The van der Waals surface area contributed by atoms with E-state index in [1.54, 1.807) is 0 Å². The molecule has 2 aromatic rings. The van der Waals surface area contributed by atoms with Gasteiger partial charge in [-0.3, -0.25) is 9.69 Å². The largest absolute Gasteiger partial charge is 0.349 e. The summed E-state index contributed by atoms with van der Waals surface area (Å²) in [6.07, 6.45) is 7.16. The van der Waals surface area contributed by atoms with Crippen LogP contribution in [0.3, 0.4) is 0 Å². The van der Waals surface area contributed by atoms with Crippen molar-refractivity contribution in [1.29, 1.82) is 0 Å². The minimum absolute atomic E-state index is 0.0790. The van der Waals surface area contributed by atoms with Crippen molar-refractivity contribution in [1.82, 2.24) is 10.2 Å². The molecule has 1 N–H and O–H groups in total. The molecule has 136 valence electrons. The SMILES string of the molecule is O=C(NC1CCCCC1)c1ccc(CN2CCc3ccccc3C2)cc1. The number of fused-ring (bicyclic) bond motifs is 1. The van der Waals surface area contributed by atoms with Crippen LogP contribution < -0.4 is 5.32 Å². The molecule has 0 aromatic heterocycles. The van der Waals surface area contributed by atoms with E-state index in [2.05, 4.69) is 46.6 Å². The quantitative estimate of drug-likeness (QED) is 0.893. The van der Waals surface area contributed by atoms with Crippen LogP contribution in [-0.2, 0) is 19.5 Å². The van der Waals surface area contributed by atoms with Gasteiger partial charge in [0.25, 0.3) is 5.91 Å². The highest BCUT2D eigenvalue weighted by atomic mass is 16.1. The highest BCUT2D eigenvalue weighted by molar-refractivity contribution is 5.94. The van der Waals surface area contributed by atoms with Gasteiger partial charge in [0.2, 0.25) is 0 Å². The average Bonchev–Trinajstić information content (AvgIpc) is 2.69. The third-order valence-corrected chi connectivity index (χ3v) is 5.77. The van der Waals surface area contributed by atoms with Gasteiger partial charge in [-0.1, -0.05) is 55.7 Å². The van der Waals surface area contributed by atoms with Crippen LogP contribution in [0.4, 0.5) is 0 Å². The smallest absolute Gasteiger partial charge is 0.251 e. The van der Waals surface area contributed by atoms with E-state index in [-0.39, 0.29) is 5.91 Å². The summed E-state index contributed by atoms with van der Waals surface area (Å²) in [4.78, 5) is 14.9. The molecular formula is C23H28N2O. The van der Waals surface area contributed by atoms with Crippen LogP contribution in [0.1, 0.15) is 59.2 Å². The summed E-state index contributed by atoms with van der Waals surface area (Å²) < 4.78 is 0. The molecule has 1 heterocycles. The van der Waals surface area contributed by atoms with Crippen molar-refractivity contribution < 1.29 is 4.79 Å². The first-order valence-electron chi connectivity index (χ1n) is 9.97. The predicted octanol–water partition coefficient (Wildman–Crippen LogP) is 4.31. The van der Waals surface area contributed by atoms with E-state index in [1.807, 2.05) is 12.1 Å². The van der Waals surface area contributed by atoms with Gasteiger partial charge < -0.3 is 5.32 Å². The van der Waals surface area contributed by atoms with Crippen molar-refractivity contribution in [3.63, 3.8) is 0 Å². The van der Waals surface area contributed by atoms with E-state index >= 15 is 0 Å². The molecule has 0 saturated heterocycles. The molecule has 1 saturated carbocycles. The second-order valence-corrected chi connectivity index (χ2v) is 7.73. The van der Waals surface area contributed by atoms with Crippen LogP contribution in [0.5, 0.6) is 0 Å². The fraction of sp³-hybridized carbons (Fsp3) is 0.435. The van der Waals surface area contributed by atoms with E-state index in [0.29, 0.717) is 6.04 Å². The van der Waals surface area contributed by atoms with Crippen LogP contribution in [-0.4, -0.2) is 23.4 Å². The number of amides is 1. The number of nitrogens with zero attached hydrogens (tertiary/aromatic N) is 1. The lowest BCUT2D eigenvalue weighted by molar-refractivity contribution is 0.0927. The van der Waals surface area contributed by atoms with Crippen molar-refractivity contribution in [3.8, 4) is 0 Å². The predicted molar refractivity (Wildman–Crippen MR) is 105 cm³/mol. The first-order valence-corrected chi connectivity index (χ1v) is 9.97. The number of benzene rings is 2. The summed E-state index contributed by atoms with van der Waals surface area (Å²) in [5, 5.41) is 3.20. The zero-order valence-electron chi connectivity index (χ0n) is 15.4. The molecule has 0 unspecified atom stereocenters. The van der Waals surface area contributed by atoms with Gasteiger partial charge in [-0.05, 0) is 48.1 Å². The third kappa shape index (κ3) is 4.16. The molecule has 1 aliphatic heterocycles. The van der Waals surface area contributed by atoms with Gasteiger partial charge in [-0.15, -0.1) is 0 Å². The average molecular weight is 348 g/mol. The Morgan fingerprint density at radius 3 is 2.46 bits per heavy atom. The Morgan fingerprint density at radius 2 is 1.69 bits per heavy atom. The minimum Gasteiger partial charge on any atom is -0.349 e. The summed E-state index contributed by atoms with van der Waals surface area (Å²) in [6.45, 7) is 3.06. The monoisotopic (exact) mass is 348 g/mol. The van der Waals surface area contributed by atoms with E-state index < -0.39 is 0 Å². The van der Waals surface area contributed by atoms with E-state index in [4.69, 9.17) is 0 Å². The van der Waals surface area contributed by atoms with Gasteiger partial charge in [0.1, 0.15) is 0 Å². The Bertz CT molecular complexity index is 747. The molecule has 0 spiro atoms. The molecule has 1 amide bonds. The van der Waals surface area contributed by atoms with Gasteiger partial charge in [0.05, 0.1) is 0 Å². The van der Waals surface area contributed by atoms with E-state index in [0.717, 1.165) is 44.5 Å². The summed E-state index contributed by atoms with van der Waals surface area (Å²) in [5.41, 5.74) is 4.99. The molecule has 3 nitrogen and oxygen atoms in total. The Balaban J connectivity index is 1.34. The van der Waals surface area contributed by atoms with Crippen molar-refractivity contribution in [2.45, 2.75) is 57.7 Å². The zero-order valence-corrected chi connectivity index (χ0v) is 15.4. The maximum Gasteiger partial charge on any atom is 0.251 e. The lowest BCUT2D eigenvalue weighted by Gasteiger charge is -2.28. The van der Waals surface area contributed by atoms with Gasteiger partial charge >= 0.3 is 0 Å². The van der Waals surface area contributed by atoms with Gasteiger partial charge in [0, 0.05) is 31.2 Å². The number of nitrogens with one attached hydrogen (secondary N) is 1. The Labute approximate surface area is 156 Å². The molecule has 1 fully saturated rings. The standard InChI is InChI=1S/C23H28N2O/c26-23(24-22-8-2-1-3-9-22)20-12-10-18(11-13-20)16-25-15-14-19-6-4-5-7-21(19)17-25/h4-7,10-13,22H,1-3,8-9,14-17H2,(H,24,26). The number of hydrogen-bond donors (Lipinski definition) is 1. The highest BCUT2D eigenvalue weighted by Crippen LogP contribution is 2.21. The van der Waals surface area contributed by atoms with Crippen molar-refractivity contribution in [2.75, 3.05) is 6.54 Å². The Hall–Kier alpha value is -2.13. The molecular weight excluding hydrogens is 320 g/mol. The van der Waals surface area contributed by atoms with Crippen LogP contribution >= 0.6 is 0 Å². The molecule has 0 radical (unpaired) electrons. The highest BCUT2D eigenvalue weighted by Gasteiger charge is 2.18. The van der Waals surface area contributed by atoms with E-state index in [9.17, 15) is 4.79 Å². The van der Waals surface area contributed by atoms with E-state index in [1.165, 1.54) is 36.0 Å². The Morgan fingerprint density at radius 1 is 0.962 bits per heavy atom. The number of hydrogen-bond acceptors (Lipinski definition) is 2. The molecule has 2 aliphatic rings. The first kappa shape index (κ1) is 17.3.